The largest absolute Gasteiger partial charge is 0.310 e. The summed E-state index contributed by atoms with van der Waals surface area (Å²) in [5.41, 5.74) is 12.9. The summed E-state index contributed by atoms with van der Waals surface area (Å²) >= 11 is 0. The van der Waals surface area contributed by atoms with Crippen molar-refractivity contribution in [1.82, 2.24) is 0 Å². The van der Waals surface area contributed by atoms with Crippen LogP contribution in [0.25, 0.3) is 76.8 Å². The molecule has 0 aliphatic carbocycles. The number of hydrogen-bond acceptors (Lipinski definition) is 1. The van der Waals surface area contributed by atoms with Gasteiger partial charge in [-0.15, -0.1) is 0 Å². The Labute approximate surface area is 322 Å². The maximum Gasteiger partial charge on any atom is 0.0540 e. The lowest BCUT2D eigenvalue weighted by Crippen LogP contribution is -2.11. The van der Waals surface area contributed by atoms with Crippen LogP contribution in [0.2, 0.25) is 0 Å². The Kier molecular flexibility index (Phi) is 8.24. The van der Waals surface area contributed by atoms with E-state index >= 15 is 0 Å². The first-order valence-electron chi connectivity index (χ1n) is 18.9. The normalized spacial score (nSPS) is 11.3. The smallest absolute Gasteiger partial charge is 0.0540 e. The van der Waals surface area contributed by atoms with E-state index in [2.05, 4.69) is 229 Å². The molecule has 0 unspecified atom stereocenters. The number of nitrogens with zero attached hydrogens (tertiary/aromatic N) is 1. The molecular formula is C54H37N. The van der Waals surface area contributed by atoms with Crippen LogP contribution in [0, 0.1) is 0 Å². The zero-order valence-corrected chi connectivity index (χ0v) is 30.3. The lowest BCUT2D eigenvalue weighted by Gasteiger charge is -2.28. The van der Waals surface area contributed by atoms with Gasteiger partial charge in [-0.2, -0.15) is 0 Å². The van der Waals surface area contributed by atoms with Gasteiger partial charge in [0.2, 0.25) is 0 Å². The molecular weight excluding hydrogens is 663 g/mol. The Morgan fingerprint density at radius 2 is 0.564 bits per heavy atom. The van der Waals surface area contributed by atoms with Crippen LogP contribution in [-0.2, 0) is 0 Å². The predicted octanol–water partition coefficient (Wildman–Crippen LogP) is 15.3. The third-order valence-electron chi connectivity index (χ3n) is 10.9. The van der Waals surface area contributed by atoms with Crippen molar-refractivity contribution in [2.45, 2.75) is 0 Å². The first-order valence-corrected chi connectivity index (χ1v) is 18.9. The monoisotopic (exact) mass is 699 g/mol. The van der Waals surface area contributed by atoms with Crippen molar-refractivity contribution in [3.8, 4) is 44.5 Å². The Balaban J connectivity index is 1.05. The molecule has 0 radical (unpaired) electrons. The van der Waals surface area contributed by atoms with Gasteiger partial charge in [-0.3, -0.25) is 0 Å². The minimum atomic E-state index is 1.10. The fraction of sp³-hybridized carbons (Fsp3) is 0. The Morgan fingerprint density at radius 1 is 0.218 bits per heavy atom. The van der Waals surface area contributed by atoms with Gasteiger partial charge in [0.25, 0.3) is 0 Å². The summed E-state index contributed by atoms with van der Waals surface area (Å²) in [6, 6.07) is 81.3. The molecule has 10 aromatic carbocycles. The molecule has 0 aromatic heterocycles. The zero-order valence-electron chi connectivity index (χ0n) is 30.3. The van der Waals surface area contributed by atoms with E-state index in [1.54, 1.807) is 0 Å². The molecule has 0 spiro atoms. The molecule has 1 heteroatoms. The number of para-hydroxylation sites is 1. The first kappa shape index (κ1) is 32.4. The molecule has 0 fully saturated rings. The van der Waals surface area contributed by atoms with Crippen molar-refractivity contribution in [2.75, 3.05) is 4.90 Å². The molecule has 0 atom stereocenters. The summed E-state index contributed by atoms with van der Waals surface area (Å²) in [5, 5.41) is 7.74. The topological polar surface area (TPSA) is 3.24 Å². The Hall–Kier alpha value is -7.22. The zero-order chi connectivity index (χ0) is 36.6. The van der Waals surface area contributed by atoms with Crippen LogP contribution >= 0.6 is 0 Å². The molecule has 0 amide bonds. The summed E-state index contributed by atoms with van der Waals surface area (Å²) in [4.78, 5) is 2.38. The quantitative estimate of drug-likeness (QED) is 0.150. The minimum Gasteiger partial charge on any atom is -0.310 e. The molecule has 0 N–H and O–H groups in total. The van der Waals surface area contributed by atoms with Crippen molar-refractivity contribution >= 4 is 49.4 Å². The highest BCUT2D eigenvalue weighted by molar-refractivity contribution is 6.25. The highest BCUT2D eigenvalue weighted by Gasteiger charge is 2.18. The second-order valence-corrected chi connectivity index (χ2v) is 14.1. The van der Waals surface area contributed by atoms with Crippen molar-refractivity contribution in [3.63, 3.8) is 0 Å². The first-order chi connectivity index (χ1) is 27.3. The predicted molar refractivity (Wildman–Crippen MR) is 235 cm³/mol. The second kappa shape index (κ2) is 14.0. The summed E-state index contributed by atoms with van der Waals surface area (Å²) in [6.45, 7) is 0. The lowest BCUT2D eigenvalue weighted by atomic mass is 9.92. The molecule has 0 aliphatic rings. The van der Waals surface area contributed by atoms with Crippen molar-refractivity contribution < 1.29 is 0 Å². The van der Waals surface area contributed by atoms with Crippen LogP contribution in [0.5, 0.6) is 0 Å². The number of hydrogen-bond donors (Lipinski definition) is 0. The van der Waals surface area contributed by atoms with E-state index in [1.807, 2.05) is 0 Å². The maximum absolute atomic E-state index is 2.38. The third kappa shape index (κ3) is 6.02. The molecule has 1 nitrogen and oxygen atoms in total. The van der Waals surface area contributed by atoms with Crippen LogP contribution in [0.3, 0.4) is 0 Å². The van der Waals surface area contributed by atoms with Gasteiger partial charge in [-0.1, -0.05) is 188 Å². The number of anilines is 3. The van der Waals surface area contributed by atoms with Crippen LogP contribution in [0.4, 0.5) is 17.1 Å². The minimum absolute atomic E-state index is 1.10. The lowest BCUT2D eigenvalue weighted by molar-refractivity contribution is 1.28. The molecule has 0 heterocycles. The summed E-state index contributed by atoms with van der Waals surface area (Å²) in [5.74, 6) is 0. The highest BCUT2D eigenvalue weighted by Crippen LogP contribution is 2.43. The molecule has 0 saturated heterocycles. The summed E-state index contributed by atoms with van der Waals surface area (Å²) < 4.78 is 0. The molecule has 258 valence electrons. The third-order valence-corrected chi connectivity index (χ3v) is 10.9. The van der Waals surface area contributed by atoms with E-state index < -0.39 is 0 Å². The van der Waals surface area contributed by atoms with Crippen LogP contribution < -0.4 is 4.90 Å². The van der Waals surface area contributed by atoms with Gasteiger partial charge < -0.3 is 4.90 Å². The number of fused-ring (bicyclic) bond motifs is 6. The standard InChI is InChI=1S/C54H37N/c1-3-13-38(14-4-1)39-23-25-40(26-24-39)41-27-32-45(33-28-41)55(54-22-12-11-17-47(54)43-15-5-2-6-16-43)46-34-29-42(30-35-46)44-31-36-52-50-20-8-7-18-48(50)49-19-9-10-21-51(49)53(52)37-44/h1-37H. The van der Waals surface area contributed by atoms with E-state index in [1.165, 1.54) is 76.8 Å². The molecule has 10 aromatic rings. The molecule has 0 saturated carbocycles. The van der Waals surface area contributed by atoms with Crippen molar-refractivity contribution in [2.24, 2.45) is 0 Å². The van der Waals surface area contributed by atoms with Gasteiger partial charge in [0, 0.05) is 16.9 Å². The van der Waals surface area contributed by atoms with Gasteiger partial charge >= 0.3 is 0 Å². The van der Waals surface area contributed by atoms with Crippen molar-refractivity contribution in [3.05, 3.63) is 224 Å². The summed E-state index contributed by atoms with van der Waals surface area (Å²) in [7, 11) is 0. The fourth-order valence-corrected chi connectivity index (χ4v) is 8.14. The molecule has 10 rings (SSSR count). The Bertz CT molecular complexity index is 2890. The van der Waals surface area contributed by atoms with E-state index in [-0.39, 0.29) is 0 Å². The van der Waals surface area contributed by atoms with Gasteiger partial charge in [-0.05, 0) is 108 Å². The average Bonchev–Trinajstić information content (AvgIpc) is 3.28. The van der Waals surface area contributed by atoms with Gasteiger partial charge in [0.05, 0.1) is 5.69 Å². The van der Waals surface area contributed by atoms with Gasteiger partial charge in [-0.25, -0.2) is 0 Å². The summed E-state index contributed by atoms with van der Waals surface area (Å²) in [6.07, 6.45) is 0. The Morgan fingerprint density at radius 3 is 1.09 bits per heavy atom. The number of rotatable bonds is 7. The second-order valence-electron chi connectivity index (χ2n) is 14.1. The average molecular weight is 700 g/mol. The number of benzene rings is 10. The van der Waals surface area contributed by atoms with E-state index in [0.29, 0.717) is 0 Å². The maximum atomic E-state index is 2.38. The van der Waals surface area contributed by atoms with E-state index in [4.69, 9.17) is 0 Å². The SMILES string of the molecule is c1ccc(-c2ccc(-c3ccc(N(c4ccc(-c5ccc6c7ccccc7c7ccccc7c6c5)cc4)c4ccccc4-c4ccccc4)cc3)cc2)cc1. The van der Waals surface area contributed by atoms with E-state index in [9.17, 15) is 0 Å². The van der Waals surface area contributed by atoms with Crippen molar-refractivity contribution in [1.29, 1.82) is 0 Å². The van der Waals surface area contributed by atoms with Crippen LogP contribution in [0.15, 0.2) is 224 Å². The van der Waals surface area contributed by atoms with Crippen LogP contribution in [-0.4, -0.2) is 0 Å². The molecule has 55 heavy (non-hydrogen) atoms. The van der Waals surface area contributed by atoms with Crippen LogP contribution in [0.1, 0.15) is 0 Å². The van der Waals surface area contributed by atoms with Gasteiger partial charge in [0.15, 0.2) is 0 Å². The fourth-order valence-electron chi connectivity index (χ4n) is 8.14. The van der Waals surface area contributed by atoms with E-state index in [0.717, 1.165) is 17.1 Å². The molecule has 0 bridgehead atoms. The van der Waals surface area contributed by atoms with Gasteiger partial charge in [0.1, 0.15) is 0 Å². The molecule has 0 aliphatic heterocycles. The highest BCUT2D eigenvalue weighted by atomic mass is 15.1.